The van der Waals surface area contributed by atoms with E-state index in [1.54, 1.807) is 0 Å². The van der Waals surface area contributed by atoms with Crippen molar-refractivity contribution < 1.29 is 0 Å². The molecule has 1 aliphatic heterocycles. The maximum Gasteiger partial charge on any atom is 0.191 e. The Bertz CT molecular complexity index is 526. The van der Waals surface area contributed by atoms with Gasteiger partial charge in [-0.1, -0.05) is 19.9 Å². The van der Waals surface area contributed by atoms with Gasteiger partial charge < -0.3 is 15.5 Å². The smallest absolute Gasteiger partial charge is 0.191 e. The molecular weight excluding hydrogens is 316 g/mol. The fourth-order valence-corrected chi connectivity index (χ4v) is 4.22. The van der Waals surface area contributed by atoms with Crippen LogP contribution in [0.15, 0.2) is 22.5 Å². The second-order valence-electron chi connectivity index (χ2n) is 7.74. The Hall–Kier alpha value is -1.07. The molecule has 1 aliphatic carbocycles. The molecule has 1 saturated heterocycles. The average Bonchev–Trinajstić information content (AvgIpc) is 3.26. The summed E-state index contributed by atoms with van der Waals surface area (Å²) < 4.78 is 0. The Kier molecular flexibility index (Phi) is 5.82. The first-order valence-corrected chi connectivity index (χ1v) is 10.3. The molecule has 134 valence electrons. The Morgan fingerprint density at radius 2 is 2.04 bits per heavy atom. The molecule has 0 atom stereocenters. The van der Waals surface area contributed by atoms with Gasteiger partial charge in [0, 0.05) is 42.0 Å². The fourth-order valence-electron chi connectivity index (χ4n) is 3.38. The maximum atomic E-state index is 4.89. The first-order chi connectivity index (χ1) is 11.6. The first-order valence-electron chi connectivity index (χ1n) is 9.41. The van der Waals surface area contributed by atoms with E-state index in [2.05, 4.69) is 53.8 Å². The summed E-state index contributed by atoms with van der Waals surface area (Å²) in [6.45, 7) is 10.9. The number of hydrogen-bond acceptors (Lipinski definition) is 3. The number of aliphatic imine (C=N–C) groups is 1. The quantitative estimate of drug-likeness (QED) is 0.612. The molecule has 2 heterocycles. The Morgan fingerprint density at radius 3 is 2.62 bits per heavy atom. The lowest BCUT2D eigenvalue weighted by Gasteiger charge is -2.33. The number of nitrogens with zero attached hydrogens (tertiary/aromatic N) is 2. The van der Waals surface area contributed by atoms with Crippen molar-refractivity contribution in [3.63, 3.8) is 0 Å². The van der Waals surface area contributed by atoms with Crippen LogP contribution in [0.1, 0.15) is 51.3 Å². The van der Waals surface area contributed by atoms with Gasteiger partial charge in [-0.05, 0) is 44.1 Å². The molecule has 0 bridgehead atoms. The van der Waals surface area contributed by atoms with Crippen molar-refractivity contribution in [1.29, 1.82) is 0 Å². The van der Waals surface area contributed by atoms with Gasteiger partial charge in [0.15, 0.2) is 5.96 Å². The number of likely N-dealkylation sites (tertiary alicyclic amines) is 1. The van der Waals surface area contributed by atoms with Crippen LogP contribution >= 0.6 is 11.3 Å². The molecule has 0 aromatic carbocycles. The van der Waals surface area contributed by atoms with Gasteiger partial charge in [0.1, 0.15) is 0 Å². The third kappa shape index (κ3) is 4.73. The minimum absolute atomic E-state index is 0.0891. The van der Waals surface area contributed by atoms with Crippen LogP contribution in [0.4, 0.5) is 0 Å². The van der Waals surface area contributed by atoms with E-state index in [9.17, 15) is 0 Å². The van der Waals surface area contributed by atoms with Gasteiger partial charge in [-0.2, -0.15) is 0 Å². The van der Waals surface area contributed by atoms with E-state index < -0.39 is 0 Å². The van der Waals surface area contributed by atoms with E-state index in [0.717, 1.165) is 25.1 Å². The molecule has 2 fully saturated rings. The highest BCUT2D eigenvalue weighted by Gasteiger charge is 2.32. The van der Waals surface area contributed by atoms with E-state index >= 15 is 0 Å². The van der Waals surface area contributed by atoms with Crippen molar-refractivity contribution in [2.45, 2.75) is 64.0 Å². The highest BCUT2D eigenvalue weighted by Crippen LogP contribution is 2.29. The molecule has 5 heteroatoms. The van der Waals surface area contributed by atoms with E-state index in [1.807, 2.05) is 11.3 Å². The van der Waals surface area contributed by atoms with Gasteiger partial charge in [-0.15, -0.1) is 11.3 Å². The van der Waals surface area contributed by atoms with E-state index in [1.165, 1.54) is 43.6 Å². The standard InChI is InChI=1S/C19H32N4S/c1-4-20-18(21-14-19(2,3)17-6-5-13-24-17)22-15-9-11-23(12-10-15)16-7-8-16/h5-6,13,15-16H,4,7-12,14H2,1-3H3,(H2,20,21,22). The molecule has 0 radical (unpaired) electrons. The highest BCUT2D eigenvalue weighted by atomic mass is 32.1. The molecule has 2 N–H and O–H groups in total. The zero-order valence-corrected chi connectivity index (χ0v) is 16.2. The normalized spacial score (nSPS) is 21.0. The van der Waals surface area contributed by atoms with E-state index in [4.69, 9.17) is 4.99 Å². The van der Waals surface area contributed by atoms with Crippen molar-refractivity contribution in [3.8, 4) is 0 Å². The predicted octanol–water partition coefficient (Wildman–Crippen LogP) is 3.21. The summed E-state index contributed by atoms with van der Waals surface area (Å²) in [4.78, 5) is 8.96. The minimum atomic E-state index is 0.0891. The third-order valence-corrected chi connectivity index (χ3v) is 6.33. The van der Waals surface area contributed by atoms with Crippen LogP contribution in [-0.4, -0.2) is 49.1 Å². The lowest BCUT2D eigenvalue weighted by Crippen LogP contribution is -2.49. The summed E-state index contributed by atoms with van der Waals surface area (Å²) in [5.41, 5.74) is 0.0891. The Labute approximate surface area is 150 Å². The van der Waals surface area contributed by atoms with Crippen LogP contribution in [0.3, 0.4) is 0 Å². The van der Waals surface area contributed by atoms with Gasteiger partial charge in [-0.3, -0.25) is 4.99 Å². The molecule has 0 amide bonds. The van der Waals surface area contributed by atoms with Crippen molar-refractivity contribution in [2.24, 2.45) is 4.99 Å². The SMILES string of the molecule is CCNC(=NCC(C)(C)c1cccs1)NC1CCN(C2CC2)CC1. The number of rotatable bonds is 6. The number of guanidine groups is 1. The molecule has 1 aromatic heterocycles. The average molecular weight is 349 g/mol. The lowest BCUT2D eigenvalue weighted by molar-refractivity contribution is 0.197. The summed E-state index contributed by atoms with van der Waals surface area (Å²) in [6.07, 6.45) is 5.30. The van der Waals surface area contributed by atoms with E-state index in [0.29, 0.717) is 6.04 Å². The van der Waals surface area contributed by atoms with Gasteiger partial charge >= 0.3 is 0 Å². The maximum absolute atomic E-state index is 4.89. The summed E-state index contributed by atoms with van der Waals surface area (Å²) in [6, 6.07) is 5.80. The van der Waals surface area contributed by atoms with Gasteiger partial charge in [-0.25, -0.2) is 0 Å². The first kappa shape index (κ1) is 17.7. The van der Waals surface area contributed by atoms with Crippen LogP contribution in [0.25, 0.3) is 0 Å². The topological polar surface area (TPSA) is 39.7 Å². The number of nitrogens with one attached hydrogen (secondary N) is 2. The molecule has 0 spiro atoms. The van der Waals surface area contributed by atoms with Crippen LogP contribution in [0.2, 0.25) is 0 Å². The van der Waals surface area contributed by atoms with Crippen LogP contribution < -0.4 is 10.6 Å². The third-order valence-electron chi connectivity index (χ3n) is 5.10. The van der Waals surface area contributed by atoms with Crippen molar-refractivity contribution in [1.82, 2.24) is 15.5 Å². The van der Waals surface area contributed by atoms with Crippen LogP contribution in [0.5, 0.6) is 0 Å². The van der Waals surface area contributed by atoms with Crippen molar-refractivity contribution >= 4 is 17.3 Å². The summed E-state index contributed by atoms with van der Waals surface area (Å²) in [7, 11) is 0. The molecule has 1 aromatic rings. The van der Waals surface area contributed by atoms with Gasteiger partial charge in [0.2, 0.25) is 0 Å². The van der Waals surface area contributed by atoms with Gasteiger partial charge in [0.05, 0.1) is 6.54 Å². The number of thiophene rings is 1. The molecule has 4 nitrogen and oxygen atoms in total. The Morgan fingerprint density at radius 1 is 1.29 bits per heavy atom. The lowest BCUT2D eigenvalue weighted by atomic mass is 9.92. The molecule has 3 rings (SSSR count). The van der Waals surface area contributed by atoms with E-state index in [-0.39, 0.29) is 5.41 Å². The number of piperidine rings is 1. The zero-order chi connectivity index (χ0) is 17.0. The highest BCUT2D eigenvalue weighted by molar-refractivity contribution is 7.10. The minimum Gasteiger partial charge on any atom is -0.357 e. The largest absolute Gasteiger partial charge is 0.357 e. The monoisotopic (exact) mass is 348 g/mol. The molecule has 24 heavy (non-hydrogen) atoms. The number of hydrogen-bond donors (Lipinski definition) is 2. The zero-order valence-electron chi connectivity index (χ0n) is 15.3. The molecule has 2 aliphatic rings. The second kappa shape index (κ2) is 7.87. The molecule has 0 unspecified atom stereocenters. The van der Waals surface area contributed by atoms with Gasteiger partial charge in [0.25, 0.3) is 0 Å². The predicted molar refractivity (Wildman–Crippen MR) is 104 cm³/mol. The van der Waals surface area contributed by atoms with Crippen molar-refractivity contribution in [2.75, 3.05) is 26.2 Å². The second-order valence-corrected chi connectivity index (χ2v) is 8.69. The summed E-state index contributed by atoms with van der Waals surface area (Å²) in [5.74, 6) is 0.979. The Balaban J connectivity index is 1.53. The van der Waals surface area contributed by atoms with Crippen LogP contribution in [-0.2, 0) is 5.41 Å². The van der Waals surface area contributed by atoms with Crippen LogP contribution in [0, 0.1) is 0 Å². The molecular formula is C19H32N4S. The molecule has 1 saturated carbocycles. The van der Waals surface area contributed by atoms with Crippen molar-refractivity contribution in [3.05, 3.63) is 22.4 Å². The summed E-state index contributed by atoms with van der Waals surface area (Å²) >= 11 is 1.82. The summed E-state index contributed by atoms with van der Waals surface area (Å²) in [5, 5.41) is 9.24. The fraction of sp³-hybridized carbons (Fsp3) is 0.737.